The van der Waals surface area contributed by atoms with Gasteiger partial charge in [0.2, 0.25) is 10.0 Å². The minimum Gasteiger partial charge on any atom is -0.322 e. The Morgan fingerprint density at radius 1 is 1.00 bits per heavy atom. The molecule has 2 aromatic rings. The van der Waals surface area contributed by atoms with Crippen LogP contribution >= 0.6 is 0 Å². The van der Waals surface area contributed by atoms with Crippen LogP contribution in [0.1, 0.15) is 47.2 Å². The zero-order valence-corrected chi connectivity index (χ0v) is 16.8. The number of nitrogens with zero attached hydrogens (tertiary/aromatic N) is 1. The van der Waals surface area contributed by atoms with Crippen LogP contribution in [-0.2, 0) is 10.0 Å². The summed E-state index contributed by atoms with van der Waals surface area (Å²) < 4.78 is 27.1. The minimum absolute atomic E-state index is 0.0718. The van der Waals surface area contributed by atoms with Gasteiger partial charge >= 0.3 is 0 Å². The van der Waals surface area contributed by atoms with Gasteiger partial charge in [-0.25, -0.2) is 8.42 Å². The zero-order valence-electron chi connectivity index (χ0n) is 16.0. The van der Waals surface area contributed by atoms with E-state index in [1.54, 1.807) is 19.2 Å². The van der Waals surface area contributed by atoms with Gasteiger partial charge in [0.1, 0.15) is 0 Å². The van der Waals surface area contributed by atoms with Gasteiger partial charge in [-0.3, -0.25) is 4.79 Å². The highest BCUT2D eigenvalue weighted by Crippen LogP contribution is 2.27. The van der Waals surface area contributed by atoms with E-state index < -0.39 is 10.0 Å². The highest BCUT2D eigenvalue weighted by Gasteiger charge is 2.30. The van der Waals surface area contributed by atoms with Gasteiger partial charge in [-0.1, -0.05) is 18.9 Å². The second kappa shape index (κ2) is 7.82. The molecule has 0 bridgehead atoms. The number of anilines is 1. The number of rotatable bonds is 5. The van der Waals surface area contributed by atoms with Crippen LogP contribution in [0, 0.1) is 13.8 Å². The van der Waals surface area contributed by atoms with Crippen LogP contribution in [0.4, 0.5) is 5.69 Å². The van der Waals surface area contributed by atoms with E-state index in [0.29, 0.717) is 5.56 Å². The first kappa shape index (κ1) is 19.6. The quantitative estimate of drug-likeness (QED) is 0.841. The first-order valence-electron chi connectivity index (χ1n) is 9.25. The van der Waals surface area contributed by atoms with E-state index in [4.69, 9.17) is 0 Å². The van der Waals surface area contributed by atoms with E-state index in [1.807, 2.05) is 32.0 Å². The van der Waals surface area contributed by atoms with E-state index in [0.717, 1.165) is 42.5 Å². The second-order valence-electron chi connectivity index (χ2n) is 7.31. The monoisotopic (exact) mass is 386 g/mol. The van der Waals surface area contributed by atoms with Crippen LogP contribution in [0.15, 0.2) is 47.4 Å². The van der Waals surface area contributed by atoms with Crippen molar-refractivity contribution < 1.29 is 13.2 Å². The molecule has 0 saturated heterocycles. The van der Waals surface area contributed by atoms with Crippen molar-refractivity contribution in [2.45, 2.75) is 50.5 Å². The lowest BCUT2D eigenvalue weighted by Gasteiger charge is -2.23. The van der Waals surface area contributed by atoms with Gasteiger partial charge in [0.05, 0.1) is 4.90 Å². The predicted octanol–water partition coefficient (Wildman–Crippen LogP) is 4.12. The van der Waals surface area contributed by atoms with Gasteiger partial charge in [-0.15, -0.1) is 0 Å². The maximum Gasteiger partial charge on any atom is 0.255 e. The van der Waals surface area contributed by atoms with Crippen molar-refractivity contribution in [2.24, 2.45) is 0 Å². The molecule has 1 aliphatic carbocycles. The Morgan fingerprint density at radius 2 is 1.56 bits per heavy atom. The van der Waals surface area contributed by atoms with Gasteiger partial charge in [0.25, 0.3) is 5.91 Å². The molecule has 1 fully saturated rings. The fourth-order valence-electron chi connectivity index (χ4n) is 3.66. The van der Waals surface area contributed by atoms with Crippen molar-refractivity contribution in [3.8, 4) is 0 Å². The molecule has 144 valence electrons. The lowest BCUT2D eigenvalue weighted by molar-refractivity contribution is 0.102. The Balaban J connectivity index is 1.75. The number of hydrogen-bond donors (Lipinski definition) is 1. The van der Waals surface area contributed by atoms with Crippen molar-refractivity contribution in [1.82, 2.24) is 4.31 Å². The number of benzene rings is 2. The third-order valence-electron chi connectivity index (χ3n) is 5.11. The van der Waals surface area contributed by atoms with E-state index >= 15 is 0 Å². The van der Waals surface area contributed by atoms with Crippen molar-refractivity contribution in [1.29, 1.82) is 0 Å². The number of nitrogens with one attached hydrogen (secondary N) is 1. The molecular weight excluding hydrogens is 360 g/mol. The van der Waals surface area contributed by atoms with Gasteiger partial charge < -0.3 is 5.32 Å². The first-order chi connectivity index (χ1) is 12.8. The molecule has 0 heterocycles. The summed E-state index contributed by atoms with van der Waals surface area (Å²) in [5.41, 5.74) is 3.30. The lowest BCUT2D eigenvalue weighted by atomic mass is 10.1. The molecule has 1 amide bonds. The largest absolute Gasteiger partial charge is 0.322 e. The van der Waals surface area contributed by atoms with Crippen molar-refractivity contribution in [3.05, 3.63) is 59.2 Å². The number of carbonyl (C=O) groups excluding carboxylic acids is 1. The summed E-state index contributed by atoms with van der Waals surface area (Å²) in [4.78, 5) is 12.7. The molecule has 27 heavy (non-hydrogen) atoms. The average molecular weight is 387 g/mol. The number of amides is 1. The van der Waals surface area contributed by atoms with Crippen LogP contribution in [0.5, 0.6) is 0 Å². The molecule has 0 radical (unpaired) electrons. The highest BCUT2D eigenvalue weighted by molar-refractivity contribution is 7.89. The van der Waals surface area contributed by atoms with Crippen LogP contribution in [-0.4, -0.2) is 31.7 Å². The maximum atomic E-state index is 12.8. The molecule has 1 aliphatic rings. The summed E-state index contributed by atoms with van der Waals surface area (Å²) in [6.07, 6.45) is 3.96. The molecule has 1 saturated carbocycles. The molecule has 5 nitrogen and oxygen atoms in total. The number of carbonyl (C=O) groups is 1. The highest BCUT2D eigenvalue weighted by atomic mass is 32.2. The molecule has 0 aliphatic heterocycles. The summed E-state index contributed by atoms with van der Waals surface area (Å²) in [5, 5.41) is 2.87. The van der Waals surface area contributed by atoms with Gasteiger partial charge in [0, 0.05) is 24.3 Å². The Bertz CT molecular complexity index is 910. The third kappa shape index (κ3) is 4.39. The van der Waals surface area contributed by atoms with Gasteiger partial charge in [0.15, 0.2) is 0 Å². The maximum absolute atomic E-state index is 12.8. The Morgan fingerprint density at radius 3 is 2.11 bits per heavy atom. The fourth-order valence-corrected chi connectivity index (χ4v) is 5.07. The average Bonchev–Trinajstić information content (AvgIpc) is 3.14. The molecule has 1 N–H and O–H groups in total. The molecule has 0 spiro atoms. The Kier molecular flexibility index (Phi) is 5.67. The summed E-state index contributed by atoms with van der Waals surface area (Å²) >= 11 is 0. The fraction of sp³-hybridized carbons (Fsp3) is 0.381. The van der Waals surface area contributed by atoms with Crippen molar-refractivity contribution in [2.75, 3.05) is 12.4 Å². The van der Waals surface area contributed by atoms with E-state index in [2.05, 4.69) is 5.32 Å². The van der Waals surface area contributed by atoms with E-state index in [1.165, 1.54) is 16.4 Å². The smallest absolute Gasteiger partial charge is 0.255 e. The van der Waals surface area contributed by atoms with Gasteiger partial charge in [-0.05, 0) is 74.2 Å². The first-order valence-corrected chi connectivity index (χ1v) is 10.7. The number of aryl methyl sites for hydroxylation is 2. The number of sulfonamides is 1. The molecule has 6 heteroatoms. The minimum atomic E-state index is -3.53. The molecule has 0 atom stereocenters. The molecular formula is C21H26N2O3S. The summed E-state index contributed by atoms with van der Waals surface area (Å²) in [6, 6.07) is 12.1. The summed E-state index contributed by atoms with van der Waals surface area (Å²) in [6.45, 7) is 3.95. The van der Waals surface area contributed by atoms with Crippen molar-refractivity contribution in [3.63, 3.8) is 0 Å². The van der Waals surface area contributed by atoms with E-state index in [9.17, 15) is 13.2 Å². The lowest BCUT2D eigenvalue weighted by Crippen LogP contribution is -2.35. The summed E-state index contributed by atoms with van der Waals surface area (Å²) in [5.74, 6) is -0.256. The van der Waals surface area contributed by atoms with E-state index in [-0.39, 0.29) is 16.8 Å². The summed E-state index contributed by atoms with van der Waals surface area (Å²) in [7, 11) is -1.89. The number of hydrogen-bond acceptors (Lipinski definition) is 3. The molecule has 0 unspecified atom stereocenters. The second-order valence-corrected chi connectivity index (χ2v) is 9.31. The normalized spacial score (nSPS) is 15.3. The van der Waals surface area contributed by atoms with Gasteiger partial charge in [-0.2, -0.15) is 4.31 Å². The van der Waals surface area contributed by atoms with Crippen LogP contribution in [0.2, 0.25) is 0 Å². The van der Waals surface area contributed by atoms with Crippen LogP contribution in [0.25, 0.3) is 0 Å². The topological polar surface area (TPSA) is 66.5 Å². The molecule has 3 rings (SSSR count). The predicted molar refractivity (Wildman–Crippen MR) is 108 cm³/mol. The van der Waals surface area contributed by atoms with Crippen LogP contribution in [0.3, 0.4) is 0 Å². The van der Waals surface area contributed by atoms with Crippen LogP contribution < -0.4 is 5.32 Å². The Labute approximate surface area is 161 Å². The zero-order chi connectivity index (χ0) is 19.6. The van der Waals surface area contributed by atoms with Crippen molar-refractivity contribution >= 4 is 21.6 Å². The standard InChI is InChI=1S/C21H26N2O3S/c1-15-12-16(2)14-18(13-15)22-21(24)17-8-10-20(11-9-17)27(25,26)23(3)19-6-4-5-7-19/h8-14,19H,4-7H2,1-3H3,(H,22,24). The molecule has 0 aromatic heterocycles. The molecule has 2 aromatic carbocycles. The third-order valence-corrected chi connectivity index (χ3v) is 7.04. The SMILES string of the molecule is Cc1cc(C)cc(NC(=O)c2ccc(S(=O)(=O)N(C)C3CCCC3)cc2)c1. The Hall–Kier alpha value is -2.18.